The number of hydrogen-bond donors (Lipinski definition) is 1. The summed E-state index contributed by atoms with van der Waals surface area (Å²) in [6.45, 7) is 2.90. The molecule has 3 rings (SSSR count). The molecule has 224 valence electrons. The van der Waals surface area contributed by atoms with Gasteiger partial charge in [0.05, 0.1) is 35.0 Å². The van der Waals surface area contributed by atoms with Crippen molar-refractivity contribution in [1.29, 1.82) is 0 Å². The Bertz CT molecular complexity index is 1170. The number of aromatic nitrogens is 4. The third kappa shape index (κ3) is 9.37. The normalized spacial score (nSPS) is 11.6. The first-order valence-electron chi connectivity index (χ1n) is 14.6. The first kappa shape index (κ1) is 31.7. The third-order valence-electron chi connectivity index (χ3n) is 7.11. The van der Waals surface area contributed by atoms with Gasteiger partial charge in [-0.05, 0) is 29.3 Å². The summed E-state index contributed by atoms with van der Waals surface area (Å²) in [4.78, 5) is 15.4. The Morgan fingerprint density at radius 1 is 0.780 bits per heavy atom. The van der Waals surface area contributed by atoms with Crippen molar-refractivity contribution in [2.75, 3.05) is 33.8 Å². The fraction of sp³-hybridized carbons (Fsp3) is 0.548. The molecule has 1 amide bonds. The summed E-state index contributed by atoms with van der Waals surface area (Å²) in [7, 11) is 6.19. The minimum Gasteiger partial charge on any atom is -0.497 e. The van der Waals surface area contributed by atoms with Crippen LogP contribution in [0.1, 0.15) is 88.4 Å². The largest absolute Gasteiger partial charge is 0.497 e. The van der Waals surface area contributed by atoms with Crippen LogP contribution in [0, 0.1) is 0 Å². The van der Waals surface area contributed by atoms with E-state index in [1.807, 2.05) is 12.1 Å². The highest BCUT2D eigenvalue weighted by Crippen LogP contribution is 2.40. The van der Waals surface area contributed by atoms with Gasteiger partial charge in [-0.3, -0.25) is 4.79 Å². The van der Waals surface area contributed by atoms with Crippen molar-refractivity contribution in [2.24, 2.45) is 0 Å². The highest BCUT2D eigenvalue weighted by molar-refractivity contribution is 6.00. The molecular weight excluding hydrogens is 522 g/mol. The molecular formula is C31H45N5O5. The Labute approximate surface area is 243 Å². The number of aryl methyl sites for hydroxylation is 1. The zero-order chi connectivity index (χ0) is 29.5. The molecule has 0 fully saturated rings. The fourth-order valence-corrected chi connectivity index (χ4v) is 4.74. The predicted octanol–water partition coefficient (Wildman–Crippen LogP) is 6.40. The monoisotopic (exact) mass is 567 g/mol. The maximum absolute atomic E-state index is 13.8. The second-order valence-electron chi connectivity index (χ2n) is 10.0. The smallest absolute Gasteiger partial charge is 0.240 e. The van der Waals surface area contributed by atoms with Gasteiger partial charge in [-0.25, -0.2) is 0 Å². The molecule has 1 aromatic heterocycles. The number of nitrogens with one attached hydrogen (secondary N) is 1. The number of benzene rings is 2. The van der Waals surface area contributed by atoms with Crippen LogP contribution in [0.3, 0.4) is 0 Å². The number of carbonyl (C=O) groups excluding carboxylic acids is 1. The van der Waals surface area contributed by atoms with Crippen molar-refractivity contribution >= 4 is 11.6 Å². The molecule has 1 atom stereocenters. The number of anilines is 1. The van der Waals surface area contributed by atoms with E-state index in [0.717, 1.165) is 12.8 Å². The van der Waals surface area contributed by atoms with Gasteiger partial charge in [0, 0.05) is 12.1 Å². The van der Waals surface area contributed by atoms with E-state index in [-0.39, 0.29) is 5.91 Å². The first-order chi connectivity index (χ1) is 20.0. The summed E-state index contributed by atoms with van der Waals surface area (Å²) in [6.07, 6.45) is 12.5. The number of ether oxygens (including phenoxy) is 4. The third-order valence-corrected chi connectivity index (χ3v) is 7.11. The summed E-state index contributed by atoms with van der Waals surface area (Å²) < 4.78 is 21.7. The zero-order valence-electron chi connectivity index (χ0n) is 25.1. The van der Waals surface area contributed by atoms with Gasteiger partial charge in [-0.2, -0.15) is 4.80 Å². The van der Waals surface area contributed by atoms with Crippen molar-refractivity contribution in [3.8, 4) is 23.0 Å². The van der Waals surface area contributed by atoms with E-state index in [1.165, 1.54) is 65.6 Å². The molecule has 0 spiro atoms. The minimum absolute atomic E-state index is 0.311. The number of nitrogens with zero attached hydrogens (tertiary/aromatic N) is 4. The van der Waals surface area contributed by atoms with Gasteiger partial charge in [0.15, 0.2) is 5.82 Å². The van der Waals surface area contributed by atoms with Crippen LogP contribution in [0.2, 0.25) is 0 Å². The second-order valence-corrected chi connectivity index (χ2v) is 10.0. The van der Waals surface area contributed by atoms with Crippen LogP contribution in [-0.4, -0.2) is 54.6 Å². The number of tetrazole rings is 1. The average Bonchev–Trinajstić information content (AvgIpc) is 3.46. The number of methoxy groups -OCH3 is 4. The van der Waals surface area contributed by atoms with Crippen LogP contribution in [0.4, 0.5) is 5.69 Å². The van der Waals surface area contributed by atoms with Crippen molar-refractivity contribution in [2.45, 2.75) is 83.6 Å². The van der Waals surface area contributed by atoms with Gasteiger partial charge in [0.25, 0.3) is 0 Å². The summed E-state index contributed by atoms with van der Waals surface area (Å²) >= 11 is 0. The maximum Gasteiger partial charge on any atom is 0.240 e. The van der Waals surface area contributed by atoms with E-state index in [4.69, 9.17) is 18.9 Å². The molecule has 0 aliphatic rings. The van der Waals surface area contributed by atoms with E-state index in [0.29, 0.717) is 46.6 Å². The minimum atomic E-state index is -0.820. The molecule has 10 nitrogen and oxygen atoms in total. The Balaban J connectivity index is 1.70. The van der Waals surface area contributed by atoms with Gasteiger partial charge in [-0.1, -0.05) is 76.8 Å². The lowest BCUT2D eigenvalue weighted by atomic mass is 9.97. The summed E-state index contributed by atoms with van der Waals surface area (Å²) in [5, 5.41) is 16.1. The topological polar surface area (TPSA) is 110 Å². The van der Waals surface area contributed by atoms with Gasteiger partial charge >= 0.3 is 0 Å². The Kier molecular flexibility index (Phi) is 13.2. The molecule has 0 unspecified atom stereocenters. The molecule has 3 aromatic rings. The van der Waals surface area contributed by atoms with Crippen molar-refractivity contribution < 1.29 is 23.7 Å². The molecule has 2 aromatic carbocycles. The molecule has 0 radical (unpaired) electrons. The lowest BCUT2D eigenvalue weighted by molar-refractivity contribution is -0.116. The lowest BCUT2D eigenvalue weighted by Crippen LogP contribution is -2.24. The molecule has 0 saturated heterocycles. The maximum atomic E-state index is 13.8. The number of carbonyl (C=O) groups is 1. The number of rotatable bonds is 19. The zero-order valence-corrected chi connectivity index (χ0v) is 25.1. The fourth-order valence-electron chi connectivity index (χ4n) is 4.74. The number of hydrogen-bond acceptors (Lipinski definition) is 8. The van der Waals surface area contributed by atoms with Gasteiger partial charge < -0.3 is 24.3 Å². The highest BCUT2D eigenvalue weighted by atomic mass is 16.5. The van der Waals surface area contributed by atoms with Crippen molar-refractivity contribution in [3.63, 3.8) is 0 Å². The molecule has 0 saturated carbocycles. The lowest BCUT2D eigenvalue weighted by Gasteiger charge is -2.19. The van der Waals surface area contributed by atoms with Crippen LogP contribution >= 0.6 is 0 Å². The SMILES string of the molecule is CCCCCCCCCCCCn1nnc([C@@H](C(=O)Nc2c(OC)cc(OC)cc2OC)c2ccc(OC)cc2)n1. The molecule has 10 heteroatoms. The average molecular weight is 568 g/mol. The van der Waals surface area contributed by atoms with Crippen molar-refractivity contribution in [3.05, 3.63) is 47.8 Å². The van der Waals surface area contributed by atoms with Gasteiger partial charge in [-0.15, -0.1) is 10.2 Å². The number of unbranched alkanes of at least 4 members (excludes halogenated alkanes) is 9. The van der Waals surface area contributed by atoms with E-state index >= 15 is 0 Å². The van der Waals surface area contributed by atoms with E-state index < -0.39 is 5.92 Å². The molecule has 0 bridgehead atoms. The molecule has 41 heavy (non-hydrogen) atoms. The summed E-state index contributed by atoms with van der Waals surface area (Å²) in [6, 6.07) is 10.6. The van der Waals surface area contributed by atoms with E-state index in [9.17, 15) is 4.79 Å². The first-order valence-corrected chi connectivity index (χ1v) is 14.6. The Morgan fingerprint density at radius 2 is 1.34 bits per heavy atom. The van der Waals surface area contributed by atoms with Gasteiger partial charge in [0.1, 0.15) is 34.6 Å². The van der Waals surface area contributed by atoms with Gasteiger partial charge in [0.2, 0.25) is 5.91 Å². The standard InChI is InChI=1S/C31H45N5O5/c1-6-7-8-9-10-11-12-13-14-15-20-36-34-30(33-35-36)28(23-16-18-24(38-2)19-17-23)31(37)32-29-26(40-4)21-25(39-3)22-27(29)41-5/h16-19,21-22,28H,6-15,20H2,1-5H3,(H,32,37)/t28-/m0/s1. The predicted molar refractivity (Wildman–Crippen MR) is 159 cm³/mol. The number of amides is 1. The second kappa shape index (κ2) is 17.1. The van der Waals surface area contributed by atoms with Crippen LogP contribution in [0.5, 0.6) is 23.0 Å². The van der Waals surface area contributed by atoms with Crippen LogP contribution < -0.4 is 24.3 Å². The summed E-state index contributed by atoms with van der Waals surface area (Å²) in [5.41, 5.74) is 1.09. The Morgan fingerprint density at radius 3 is 1.88 bits per heavy atom. The summed E-state index contributed by atoms with van der Waals surface area (Å²) in [5.74, 6) is 1.17. The molecule has 1 heterocycles. The van der Waals surface area contributed by atoms with Crippen LogP contribution in [-0.2, 0) is 11.3 Å². The van der Waals surface area contributed by atoms with Crippen LogP contribution in [0.25, 0.3) is 0 Å². The van der Waals surface area contributed by atoms with E-state index in [2.05, 4.69) is 27.7 Å². The molecule has 0 aliphatic carbocycles. The molecule has 0 aliphatic heterocycles. The van der Waals surface area contributed by atoms with Crippen molar-refractivity contribution in [1.82, 2.24) is 20.2 Å². The highest BCUT2D eigenvalue weighted by Gasteiger charge is 2.29. The molecule has 1 N–H and O–H groups in total. The van der Waals surface area contributed by atoms with E-state index in [1.54, 1.807) is 43.3 Å². The van der Waals surface area contributed by atoms with Crippen LogP contribution in [0.15, 0.2) is 36.4 Å². The quantitative estimate of drug-likeness (QED) is 0.166. The Hall–Kier alpha value is -3.82.